The van der Waals surface area contributed by atoms with Crippen molar-refractivity contribution in [1.29, 1.82) is 0 Å². The molecule has 0 radical (unpaired) electrons. The Morgan fingerprint density at radius 1 is 0.923 bits per heavy atom. The van der Waals surface area contributed by atoms with Crippen molar-refractivity contribution >= 4 is 0 Å². The van der Waals surface area contributed by atoms with Crippen molar-refractivity contribution in [2.24, 2.45) is 0 Å². The lowest BCUT2D eigenvalue weighted by Gasteiger charge is -2.45. The molecule has 80 valence electrons. The van der Waals surface area contributed by atoms with Gasteiger partial charge in [-0.05, 0) is 41.5 Å². The molecule has 2 heteroatoms. The van der Waals surface area contributed by atoms with E-state index in [-0.39, 0.29) is 11.1 Å². The maximum absolute atomic E-state index is 5.12. The average Bonchev–Trinajstić information content (AvgIpc) is 1.81. The van der Waals surface area contributed by atoms with Crippen molar-refractivity contribution in [3.8, 4) is 0 Å². The van der Waals surface area contributed by atoms with E-state index in [1.807, 2.05) is 0 Å². The van der Waals surface area contributed by atoms with E-state index in [1.165, 1.54) is 0 Å². The van der Waals surface area contributed by atoms with Gasteiger partial charge in [0.25, 0.3) is 0 Å². The van der Waals surface area contributed by atoms with Crippen LogP contribution in [0.15, 0.2) is 0 Å². The molecule has 0 aromatic rings. The molecule has 0 aliphatic carbocycles. The van der Waals surface area contributed by atoms with E-state index in [1.54, 1.807) is 7.11 Å². The molecule has 0 fully saturated rings. The smallest absolute Gasteiger partial charge is 0.0590 e. The molecule has 0 aliphatic rings. The lowest BCUT2D eigenvalue weighted by Crippen LogP contribution is -2.53. The average molecular weight is 187 g/mol. The first-order valence-corrected chi connectivity index (χ1v) is 4.96. The van der Waals surface area contributed by atoms with Gasteiger partial charge in [-0.3, -0.25) is 4.90 Å². The van der Waals surface area contributed by atoms with Crippen molar-refractivity contribution in [3.63, 3.8) is 0 Å². The third kappa shape index (κ3) is 4.63. The van der Waals surface area contributed by atoms with Gasteiger partial charge in [0, 0.05) is 24.7 Å². The van der Waals surface area contributed by atoms with Gasteiger partial charge < -0.3 is 4.74 Å². The van der Waals surface area contributed by atoms with E-state index < -0.39 is 0 Å². The Bertz CT molecular complexity index is 127. The molecule has 0 saturated carbocycles. The molecule has 0 heterocycles. The number of hydrogen-bond acceptors (Lipinski definition) is 2. The van der Waals surface area contributed by atoms with Crippen LogP contribution < -0.4 is 0 Å². The third-order valence-corrected chi connectivity index (χ3v) is 2.14. The molecule has 0 spiro atoms. The molecule has 0 aliphatic heterocycles. The zero-order chi connectivity index (χ0) is 10.7. The molecular weight excluding hydrogens is 162 g/mol. The molecule has 2 nitrogen and oxygen atoms in total. The second-order valence-corrected chi connectivity index (χ2v) is 5.49. The Morgan fingerprint density at radius 2 is 1.31 bits per heavy atom. The Labute approximate surface area is 83.3 Å². The first-order valence-electron chi connectivity index (χ1n) is 4.96. The van der Waals surface area contributed by atoms with Crippen molar-refractivity contribution in [2.45, 2.75) is 52.6 Å². The van der Waals surface area contributed by atoms with Crippen molar-refractivity contribution in [1.82, 2.24) is 4.90 Å². The summed E-state index contributed by atoms with van der Waals surface area (Å²) < 4.78 is 5.12. The summed E-state index contributed by atoms with van der Waals surface area (Å²) in [7, 11) is 1.75. The lowest BCUT2D eigenvalue weighted by atomic mass is 9.96. The molecule has 0 atom stereocenters. The van der Waals surface area contributed by atoms with E-state index in [0.29, 0.717) is 0 Å². The monoisotopic (exact) mass is 187 g/mol. The summed E-state index contributed by atoms with van der Waals surface area (Å²) >= 11 is 0. The normalized spacial score (nSPS) is 13.8. The largest absolute Gasteiger partial charge is 0.383 e. The van der Waals surface area contributed by atoms with Crippen LogP contribution in [-0.4, -0.2) is 36.2 Å². The topological polar surface area (TPSA) is 12.5 Å². The summed E-state index contributed by atoms with van der Waals surface area (Å²) in [6, 6.07) is 0. The minimum atomic E-state index is 0.205. The number of hydrogen-bond donors (Lipinski definition) is 0. The molecule has 13 heavy (non-hydrogen) atoms. The summed E-state index contributed by atoms with van der Waals surface area (Å²) in [6.45, 7) is 15.3. The van der Waals surface area contributed by atoms with Gasteiger partial charge in [0.05, 0.1) is 6.61 Å². The maximum Gasteiger partial charge on any atom is 0.0590 e. The van der Waals surface area contributed by atoms with Crippen LogP contribution in [0.3, 0.4) is 0 Å². The Hall–Kier alpha value is -0.0800. The SMILES string of the molecule is COCCN(C(C)(C)C)C(C)(C)C. The molecule has 0 bridgehead atoms. The van der Waals surface area contributed by atoms with Gasteiger partial charge in [-0.15, -0.1) is 0 Å². The Kier molecular flexibility index (Phi) is 4.40. The van der Waals surface area contributed by atoms with Gasteiger partial charge in [0.15, 0.2) is 0 Å². The van der Waals surface area contributed by atoms with E-state index in [0.717, 1.165) is 13.2 Å². The van der Waals surface area contributed by atoms with Gasteiger partial charge in [0.1, 0.15) is 0 Å². The van der Waals surface area contributed by atoms with Crippen LogP contribution in [0.4, 0.5) is 0 Å². The minimum absolute atomic E-state index is 0.205. The molecular formula is C11H25NO. The first-order chi connectivity index (χ1) is 5.69. The highest BCUT2D eigenvalue weighted by molar-refractivity contribution is 4.86. The van der Waals surface area contributed by atoms with E-state index >= 15 is 0 Å². The van der Waals surface area contributed by atoms with Gasteiger partial charge in [-0.25, -0.2) is 0 Å². The molecule has 0 N–H and O–H groups in total. The van der Waals surface area contributed by atoms with Crippen LogP contribution >= 0.6 is 0 Å². The molecule has 0 saturated heterocycles. The van der Waals surface area contributed by atoms with Crippen molar-refractivity contribution in [2.75, 3.05) is 20.3 Å². The molecule has 0 unspecified atom stereocenters. The standard InChI is InChI=1S/C11H25NO/c1-10(2,3)12(8-9-13-7)11(4,5)6/h8-9H2,1-7H3. The van der Waals surface area contributed by atoms with Crippen LogP contribution in [0.2, 0.25) is 0 Å². The van der Waals surface area contributed by atoms with Gasteiger partial charge in [-0.1, -0.05) is 0 Å². The van der Waals surface area contributed by atoms with E-state index in [4.69, 9.17) is 4.74 Å². The summed E-state index contributed by atoms with van der Waals surface area (Å²) in [4.78, 5) is 2.46. The van der Waals surface area contributed by atoms with E-state index in [2.05, 4.69) is 46.4 Å². The maximum atomic E-state index is 5.12. The molecule has 0 aromatic carbocycles. The fourth-order valence-corrected chi connectivity index (χ4v) is 1.86. The predicted molar refractivity (Wildman–Crippen MR) is 58.1 cm³/mol. The van der Waals surface area contributed by atoms with Crippen LogP contribution in [0, 0.1) is 0 Å². The zero-order valence-electron chi connectivity index (χ0n) is 10.3. The summed E-state index contributed by atoms with van der Waals surface area (Å²) in [5.74, 6) is 0. The molecule has 0 aromatic heterocycles. The zero-order valence-corrected chi connectivity index (χ0v) is 10.3. The highest BCUT2D eigenvalue weighted by Crippen LogP contribution is 2.23. The molecule has 0 rings (SSSR count). The number of rotatable bonds is 3. The predicted octanol–water partition coefficient (Wildman–Crippen LogP) is 2.53. The third-order valence-electron chi connectivity index (χ3n) is 2.14. The summed E-state index contributed by atoms with van der Waals surface area (Å²) in [6.07, 6.45) is 0. The van der Waals surface area contributed by atoms with Crippen LogP contribution in [0.5, 0.6) is 0 Å². The fourth-order valence-electron chi connectivity index (χ4n) is 1.86. The summed E-state index contributed by atoms with van der Waals surface area (Å²) in [5, 5.41) is 0. The highest BCUT2D eigenvalue weighted by Gasteiger charge is 2.30. The van der Waals surface area contributed by atoms with Crippen molar-refractivity contribution < 1.29 is 4.74 Å². The van der Waals surface area contributed by atoms with Crippen LogP contribution in [0.25, 0.3) is 0 Å². The fraction of sp³-hybridized carbons (Fsp3) is 1.00. The Morgan fingerprint density at radius 3 is 1.54 bits per heavy atom. The number of ether oxygens (including phenoxy) is 1. The second kappa shape index (κ2) is 4.43. The second-order valence-electron chi connectivity index (χ2n) is 5.49. The van der Waals surface area contributed by atoms with Crippen molar-refractivity contribution in [3.05, 3.63) is 0 Å². The Balaban J connectivity index is 4.39. The van der Waals surface area contributed by atoms with Gasteiger partial charge in [-0.2, -0.15) is 0 Å². The molecule has 0 amide bonds. The minimum Gasteiger partial charge on any atom is -0.383 e. The summed E-state index contributed by atoms with van der Waals surface area (Å²) in [5.41, 5.74) is 0.410. The van der Waals surface area contributed by atoms with Gasteiger partial charge in [0.2, 0.25) is 0 Å². The van der Waals surface area contributed by atoms with Crippen LogP contribution in [0.1, 0.15) is 41.5 Å². The van der Waals surface area contributed by atoms with Crippen LogP contribution in [-0.2, 0) is 4.74 Å². The van der Waals surface area contributed by atoms with E-state index in [9.17, 15) is 0 Å². The number of nitrogens with zero attached hydrogens (tertiary/aromatic N) is 1. The first kappa shape index (κ1) is 12.9. The quantitative estimate of drug-likeness (QED) is 0.673. The number of methoxy groups -OCH3 is 1. The highest BCUT2D eigenvalue weighted by atomic mass is 16.5. The lowest BCUT2D eigenvalue weighted by molar-refractivity contribution is 0.0147. The van der Waals surface area contributed by atoms with Gasteiger partial charge >= 0.3 is 0 Å².